The normalized spacial score (nSPS) is 20.1. The predicted octanol–water partition coefficient (Wildman–Crippen LogP) is 1.23. The molecule has 4 rings (SSSR count). The number of likely N-dealkylation sites (N-methyl/N-ethyl adjacent to an activating group) is 1. The first kappa shape index (κ1) is 13.0. The SMILES string of the molecule is CC[NH+]1CCN(c2nc(C3CC3)nc3ccccc23)CC1. The second-order valence-electron chi connectivity index (χ2n) is 6.29. The zero-order chi connectivity index (χ0) is 14.2. The van der Waals surface area contributed by atoms with Gasteiger partial charge in [0.2, 0.25) is 0 Å². The molecule has 21 heavy (non-hydrogen) atoms. The number of hydrogen-bond acceptors (Lipinski definition) is 3. The topological polar surface area (TPSA) is 33.5 Å². The average molecular weight is 283 g/mol. The van der Waals surface area contributed by atoms with E-state index >= 15 is 0 Å². The molecule has 0 radical (unpaired) electrons. The van der Waals surface area contributed by atoms with Crippen molar-refractivity contribution in [1.82, 2.24) is 9.97 Å². The monoisotopic (exact) mass is 283 g/mol. The van der Waals surface area contributed by atoms with Gasteiger partial charge >= 0.3 is 0 Å². The summed E-state index contributed by atoms with van der Waals surface area (Å²) in [5.41, 5.74) is 1.11. The summed E-state index contributed by atoms with van der Waals surface area (Å²) in [6, 6.07) is 8.47. The van der Waals surface area contributed by atoms with Crippen LogP contribution in [0.4, 0.5) is 5.82 Å². The molecular formula is C17H23N4+. The summed E-state index contributed by atoms with van der Waals surface area (Å²) < 4.78 is 0. The van der Waals surface area contributed by atoms with Crippen LogP contribution in [0.2, 0.25) is 0 Å². The first-order chi connectivity index (χ1) is 10.3. The maximum absolute atomic E-state index is 4.94. The van der Waals surface area contributed by atoms with Crippen LogP contribution in [0.15, 0.2) is 24.3 Å². The Morgan fingerprint density at radius 1 is 1.14 bits per heavy atom. The van der Waals surface area contributed by atoms with Crippen LogP contribution in [0.1, 0.15) is 31.5 Å². The van der Waals surface area contributed by atoms with Gasteiger partial charge in [0.1, 0.15) is 11.6 Å². The van der Waals surface area contributed by atoms with Gasteiger partial charge in [-0.05, 0) is 31.9 Å². The van der Waals surface area contributed by atoms with Crippen LogP contribution < -0.4 is 9.80 Å². The van der Waals surface area contributed by atoms with Crippen molar-refractivity contribution in [2.24, 2.45) is 0 Å². The molecule has 0 spiro atoms. The van der Waals surface area contributed by atoms with Crippen LogP contribution in [0.3, 0.4) is 0 Å². The van der Waals surface area contributed by atoms with Crippen molar-refractivity contribution < 1.29 is 4.90 Å². The number of quaternary nitrogens is 1. The Balaban J connectivity index is 1.72. The van der Waals surface area contributed by atoms with E-state index in [4.69, 9.17) is 9.97 Å². The highest BCUT2D eigenvalue weighted by atomic mass is 15.3. The molecule has 1 saturated heterocycles. The molecule has 2 aliphatic rings. The van der Waals surface area contributed by atoms with Crippen molar-refractivity contribution >= 4 is 16.7 Å². The molecule has 1 N–H and O–H groups in total. The molecule has 0 amide bonds. The fraction of sp³-hybridized carbons (Fsp3) is 0.529. The lowest BCUT2D eigenvalue weighted by Crippen LogP contribution is -3.14. The quantitative estimate of drug-likeness (QED) is 0.920. The number of aromatic nitrogens is 2. The summed E-state index contributed by atoms with van der Waals surface area (Å²) in [4.78, 5) is 13.9. The van der Waals surface area contributed by atoms with E-state index in [1.807, 2.05) is 0 Å². The molecule has 2 fully saturated rings. The maximum Gasteiger partial charge on any atom is 0.140 e. The minimum atomic E-state index is 0.607. The third-order valence-electron chi connectivity index (χ3n) is 4.81. The fourth-order valence-electron chi connectivity index (χ4n) is 3.23. The van der Waals surface area contributed by atoms with Gasteiger partial charge in [-0.15, -0.1) is 0 Å². The van der Waals surface area contributed by atoms with Gasteiger partial charge in [0.25, 0.3) is 0 Å². The second-order valence-corrected chi connectivity index (χ2v) is 6.29. The second kappa shape index (κ2) is 5.26. The van der Waals surface area contributed by atoms with Gasteiger partial charge in [0.15, 0.2) is 0 Å². The van der Waals surface area contributed by atoms with Crippen LogP contribution in [0.25, 0.3) is 10.9 Å². The third kappa shape index (κ3) is 2.48. The third-order valence-corrected chi connectivity index (χ3v) is 4.81. The molecule has 0 atom stereocenters. The molecule has 1 aromatic carbocycles. The molecule has 0 bridgehead atoms. The van der Waals surface area contributed by atoms with Crippen molar-refractivity contribution in [1.29, 1.82) is 0 Å². The molecule has 2 heterocycles. The highest BCUT2D eigenvalue weighted by Crippen LogP contribution is 2.39. The van der Waals surface area contributed by atoms with Crippen LogP contribution >= 0.6 is 0 Å². The number of rotatable bonds is 3. The predicted molar refractivity (Wildman–Crippen MR) is 85.0 cm³/mol. The Kier molecular flexibility index (Phi) is 3.26. The molecule has 0 unspecified atom stereocenters. The van der Waals surface area contributed by atoms with Crippen LogP contribution in [0, 0.1) is 0 Å². The molecule has 2 aromatic rings. The van der Waals surface area contributed by atoms with Crippen LogP contribution in [-0.4, -0.2) is 42.7 Å². The number of hydrogen-bond donors (Lipinski definition) is 1. The van der Waals surface area contributed by atoms with Gasteiger partial charge in [-0.25, -0.2) is 9.97 Å². The van der Waals surface area contributed by atoms with Crippen molar-refractivity contribution in [3.8, 4) is 0 Å². The van der Waals surface area contributed by atoms with Gasteiger partial charge in [-0.3, -0.25) is 0 Å². The van der Waals surface area contributed by atoms with Crippen molar-refractivity contribution in [2.45, 2.75) is 25.7 Å². The van der Waals surface area contributed by atoms with E-state index in [2.05, 4.69) is 36.1 Å². The molecule has 1 aromatic heterocycles. The van der Waals surface area contributed by atoms with E-state index in [0.29, 0.717) is 5.92 Å². The number of benzene rings is 1. The van der Waals surface area contributed by atoms with E-state index < -0.39 is 0 Å². The Morgan fingerprint density at radius 3 is 2.62 bits per heavy atom. The van der Waals surface area contributed by atoms with E-state index in [-0.39, 0.29) is 0 Å². The standard InChI is InChI=1S/C17H22N4/c1-2-20-9-11-21(12-10-20)17-14-5-3-4-6-15(14)18-16(19-17)13-7-8-13/h3-6,13H,2,7-12H2,1H3/p+1. The van der Waals surface area contributed by atoms with E-state index in [0.717, 1.165) is 30.2 Å². The number of nitrogens with zero attached hydrogens (tertiary/aromatic N) is 3. The molecule has 1 aliphatic carbocycles. The number of anilines is 1. The van der Waals surface area contributed by atoms with E-state index in [9.17, 15) is 0 Å². The summed E-state index contributed by atoms with van der Waals surface area (Å²) in [5.74, 6) is 2.84. The zero-order valence-corrected chi connectivity index (χ0v) is 12.7. The van der Waals surface area contributed by atoms with Gasteiger partial charge in [-0.1, -0.05) is 12.1 Å². The summed E-state index contributed by atoms with van der Waals surface area (Å²) >= 11 is 0. The van der Waals surface area contributed by atoms with E-state index in [1.54, 1.807) is 4.90 Å². The van der Waals surface area contributed by atoms with Crippen molar-refractivity contribution in [2.75, 3.05) is 37.6 Å². The van der Waals surface area contributed by atoms with Gasteiger partial charge in [0.05, 0.1) is 38.2 Å². The molecular weight excluding hydrogens is 260 g/mol. The lowest BCUT2D eigenvalue weighted by atomic mass is 10.2. The first-order valence-corrected chi connectivity index (χ1v) is 8.20. The lowest BCUT2D eigenvalue weighted by molar-refractivity contribution is -0.898. The molecule has 1 saturated carbocycles. The number of nitrogens with one attached hydrogen (secondary N) is 1. The molecule has 1 aliphatic heterocycles. The fourth-order valence-corrected chi connectivity index (χ4v) is 3.23. The smallest absolute Gasteiger partial charge is 0.140 e. The van der Waals surface area contributed by atoms with E-state index in [1.165, 1.54) is 37.9 Å². The minimum Gasteiger partial charge on any atom is -0.345 e. The van der Waals surface area contributed by atoms with Gasteiger partial charge < -0.3 is 9.80 Å². The van der Waals surface area contributed by atoms with Gasteiger partial charge in [0, 0.05) is 11.3 Å². The summed E-state index contributed by atoms with van der Waals surface area (Å²) in [5, 5.41) is 1.21. The van der Waals surface area contributed by atoms with Crippen molar-refractivity contribution in [3.63, 3.8) is 0 Å². The number of piperazine rings is 1. The molecule has 4 nitrogen and oxygen atoms in total. The Morgan fingerprint density at radius 2 is 1.90 bits per heavy atom. The van der Waals surface area contributed by atoms with Crippen molar-refractivity contribution in [3.05, 3.63) is 30.1 Å². The lowest BCUT2D eigenvalue weighted by Gasteiger charge is -2.33. The summed E-state index contributed by atoms with van der Waals surface area (Å²) in [7, 11) is 0. The largest absolute Gasteiger partial charge is 0.345 e. The Hall–Kier alpha value is -1.68. The average Bonchev–Trinajstić information content (AvgIpc) is 3.39. The highest BCUT2D eigenvalue weighted by molar-refractivity contribution is 5.89. The van der Waals surface area contributed by atoms with Gasteiger partial charge in [-0.2, -0.15) is 0 Å². The molecule has 110 valence electrons. The molecule has 4 heteroatoms. The Labute approximate surface area is 125 Å². The van der Waals surface area contributed by atoms with Crippen LogP contribution in [-0.2, 0) is 0 Å². The number of para-hydroxylation sites is 1. The van der Waals surface area contributed by atoms with Crippen LogP contribution in [0.5, 0.6) is 0 Å². The zero-order valence-electron chi connectivity index (χ0n) is 12.7. The highest BCUT2D eigenvalue weighted by Gasteiger charge is 2.29. The first-order valence-electron chi connectivity index (χ1n) is 8.20. The summed E-state index contributed by atoms with van der Waals surface area (Å²) in [6.07, 6.45) is 2.51. The Bertz CT molecular complexity index is 642. The maximum atomic E-state index is 4.94. The minimum absolute atomic E-state index is 0.607. The number of fused-ring (bicyclic) bond motifs is 1. The summed E-state index contributed by atoms with van der Waals surface area (Å²) in [6.45, 7) is 8.14.